The van der Waals surface area contributed by atoms with Crippen LogP contribution < -0.4 is 0 Å². The third-order valence-corrected chi connectivity index (χ3v) is 4.12. The molecule has 96 valence electrons. The van der Waals surface area contributed by atoms with E-state index in [-0.39, 0.29) is 0 Å². The fourth-order valence-electron chi connectivity index (χ4n) is 2.61. The average molecular weight is 242 g/mol. The van der Waals surface area contributed by atoms with E-state index in [1.54, 1.807) is 0 Å². The summed E-state index contributed by atoms with van der Waals surface area (Å²) < 4.78 is 0. The Hall–Kier alpha value is -1.57. The van der Waals surface area contributed by atoms with E-state index in [2.05, 4.69) is 51.2 Å². The number of nitrogens with zero attached hydrogens (tertiary/aromatic N) is 1. The highest BCUT2D eigenvalue weighted by atomic mass is 14.8. The van der Waals surface area contributed by atoms with Gasteiger partial charge in [-0.2, -0.15) is 0 Å². The summed E-state index contributed by atoms with van der Waals surface area (Å²) in [4.78, 5) is 8.10. The molecule has 2 heteroatoms. The molecule has 0 saturated heterocycles. The maximum absolute atomic E-state index is 4.63. The molecular weight excluding hydrogens is 220 g/mol. The van der Waals surface area contributed by atoms with Crippen LogP contribution in [-0.2, 0) is 6.42 Å². The van der Waals surface area contributed by atoms with Crippen molar-refractivity contribution in [1.82, 2.24) is 4.98 Å². The van der Waals surface area contributed by atoms with Gasteiger partial charge in [0.05, 0.1) is 11.4 Å². The Bertz CT molecular complexity index is 568. The van der Waals surface area contributed by atoms with Gasteiger partial charge in [-0.05, 0) is 56.4 Å². The highest BCUT2D eigenvalue weighted by molar-refractivity contribution is 6.05. The Labute approximate surface area is 110 Å². The van der Waals surface area contributed by atoms with E-state index in [9.17, 15) is 0 Å². The van der Waals surface area contributed by atoms with E-state index in [1.807, 2.05) is 0 Å². The Morgan fingerprint density at radius 1 is 1.11 bits per heavy atom. The number of hydrogen-bond donors (Lipinski definition) is 1. The second kappa shape index (κ2) is 4.60. The van der Waals surface area contributed by atoms with Crippen LogP contribution in [0.5, 0.6) is 0 Å². The maximum Gasteiger partial charge on any atom is 0.0596 e. The lowest BCUT2D eigenvalue weighted by molar-refractivity contribution is 1.10. The van der Waals surface area contributed by atoms with E-state index in [4.69, 9.17) is 0 Å². The standard InChI is InChI=1S/C16H22N2/c1-7-14-11(4)16(18-13(14)6)8-15-10(3)9(2)12(5)17-15/h17H,6-8H2,1-5H3. The van der Waals surface area contributed by atoms with E-state index in [1.165, 1.54) is 39.4 Å². The molecule has 0 radical (unpaired) electrons. The van der Waals surface area contributed by atoms with Gasteiger partial charge in [0.2, 0.25) is 0 Å². The molecule has 1 aliphatic rings. The van der Waals surface area contributed by atoms with Crippen molar-refractivity contribution in [1.29, 1.82) is 0 Å². The average Bonchev–Trinajstić information content (AvgIpc) is 2.72. The number of H-pyrrole nitrogens is 1. The van der Waals surface area contributed by atoms with Crippen molar-refractivity contribution >= 4 is 5.71 Å². The molecule has 0 aromatic carbocycles. The lowest BCUT2D eigenvalue weighted by Crippen LogP contribution is -2.04. The topological polar surface area (TPSA) is 28.1 Å². The maximum atomic E-state index is 4.63. The molecule has 1 aromatic rings. The number of allylic oxidation sites excluding steroid dienone is 2. The van der Waals surface area contributed by atoms with Gasteiger partial charge in [0.1, 0.15) is 0 Å². The molecule has 0 amide bonds. The summed E-state index contributed by atoms with van der Waals surface area (Å²) in [5, 5.41) is 0. The Morgan fingerprint density at radius 3 is 2.22 bits per heavy atom. The molecule has 1 aromatic heterocycles. The molecule has 0 fully saturated rings. The van der Waals surface area contributed by atoms with E-state index in [0.29, 0.717) is 0 Å². The van der Waals surface area contributed by atoms with E-state index < -0.39 is 0 Å². The van der Waals surface area contributed by atoms with Gasteiger partial charge in [-0.15, -0.1) is 0 Å². The van der Waals surface area contributed by atoms with Crippen LogP contribution in [0.4, 0.5) is 0 Å². The van der Waals surface area contributed by atoms with Gasteiger partial charge >= 0.3 is 0 Å². The molecule has 2 rings (SSSR count). The largest absolute Gasteiger partial charge is 0.362 e. The summed E-state index contributed by atoms with van der Waals surface area (Å²) in [5.41, 5.74) is 10.0. The van der Waals surface area contributed by atoms with Crippen LogP contribution in [0.1, 0.15) is 42.8 Å². The van der Waals surface area contributed by atoms with Gasteiger partial charge in [0, 0.05) is 17.8 Å². The Balaban J connectivity index is 2.31. The molecule has 0 unspecified atom stereocenters. The van der Waals surface area contributed by atoms with Crippen LogP contribution in [0.25, 0.3) is 0 Å². The van der Waals surface area contributed by atoms with Gasteiger partial charge in [0.25, 0.3) is 0 Å². The van der Waals surface area contributed by atoms with Gasteiger partial charge in [-0.25, -0.2) is 0 Å². The molecule has 0 spiro atoms. The molecule has 2 heterocycles. The zero-order valence-corrected chi connectivity index (χ0v) is 12.1. The minimum atomic E-state index is 0.884. The molecule has 0 saturated carbocycles. The van der Waals surface area contributed by atoms with Crippen molar-refractivity contribution in [2.24, 2.45) is 4.99 Å². The van der Waals surface area contributed by atoms with Crippen molar-refractivity contribution in [3.8, 4) is 0 Å². The summed E-state index contributed by atoms with van der Waals surface area (Å²) >= 11 is 0. The summed E-state index contributed by atoms with van der Waals surface area (Å²) in [5.74, 6) is 0. The van der Waals surface area contributed by atoms with Crippen molar-refractivity contribution in [3.63, 3.8) is 0 Å². The first-order chi connectivity index (χ1) is 8.45. The predicted octanol–water partition coefficient (Wildman–Crippen LogP) is 4.18. The SMILES string of the molecule is C=C1N=C(Cc2[nH]c(C)c(C)c2C)C(C)=C1CC. The van der Waals surface area contributed by atoms with E-state index >= 15 is 0 Å². The number of hydrogen-bond acceptors (Lipinski definition) is 1. The molecule has 0 aliphatic carbocycles. The van der Waals surface area contributed by atoms with E-state index in [0.717, 1.165) is 18.5 Å². The number of aromatic amines is 1. The summed E-state index contributed by atoms with van der Waals surface area (Å²) in [6.07, 6.45) is 1.90. The van der Waals surface area contributed by atoms with Crippen LogP contribution in [-0.4, -0.2) is 10.7 Å². The molecule has 2 nitrogen and oxygen atoms in total. The van der Waals surface area contributed by atoms with Crippen molar-refractivity contribution in [2.75, 3.05) is 0 Å². The van der Waals surface area contributed by atoms with Gasteiger partial charge in [-0.1, -0.05) is 13.5 Å². The lowest BCUT2D eigenvalue weighted by atomic mass is 10.0. The highest BCUT2D eigenvalue weighted by Gasteiger charge is 2.19. The highest BCUT2D eigenvalue weighted by Crippen LogP contribution is 2.28. The van der Waals surface area contributed by atoms with Crippen LogP contribution in [0.15, 0.2) is 28.4 Å². The van der Waals surface area contributed by atoms with Crippen molar-refractivity contribution in [3.05, 3.63) is 45.9 Å². The molecule has 18 heavy (non-hydrogen) atoms. The number of nitrogens with one attached hydrogen (secondary N) is 1. The molecule has 0 atom stereocenters. The van der Waals surface area contributed by atoms with Crippen LogP contribution in [0.3, 0.4) is 0 Å². The lowest BCUT2D eigenvalue weighted by Gasteiger charge is -2.03. The van der Waals surface area contributed by atoms with Crippen molar-refractivity contribution in [2.45, 2.75) is 47.5 Å². The third kappa shape index (κ3) is 1.96. The number of aryl methyl sites for hydroxylation is 1. The Kier molecular flexibility index (Phi) is 3.29. The third-order valence-electron chi connectivity index (χ3n) is 4.12. The smallest absolute Gasteiger partial charge is 0.0596 e. The minimum Gasteiger partial charge on any atom is -0.362 e. The summed E-state index contributed by atoms with van der Waals surface area (Å²) in [6, 6.07) is 0. The van der Waals surface area contributed by atoms with Gasteiger partial charge < -0.3 is 4.98 Å². The molecular formula is C16H22N2. The normalized spacial score (nSPS) is 15.6. The van der Waals surface area contributed by atoms with Crippen LogP contribution in [0, 0.1) is 20.8 Å². The predicted molar refractivity (Wildman–Crippen MR) is 78.3 cm³/mol. The fourth-order valence-corrected chi connectivity index (χ4v) is 2.61. The number of aromatic nitrogens is 1. The first-order valence-corrected chi connectivity index (χ1v) is 6.57. The van der Waals surface area contributed by atoms with Crippen LogP contribution >= 0.6 is 0 Å². The number of rotatable bonds is 3. The first kappa shape index (κ1) is 12.9. The second-order valence-corrected chi connectivity index (χ2v) is 5.12. The van der Waals surface area contributed by atoms with Gasteiger partial charge in [-0.3, -0.25) is 4.99 Å². The molecule has 1 N–H and O–H groups in total. The number of aliphatic imine (C=N–C) groups is 1. The van der Waals surface area contributed by atoms with Crippen molar-refractivity contribution < 1.29 is 0 Å². The first-order valence-electron chi connectivity index (χ1n) is 6.57. The Morgan fingerprint density at radius 2 is 1.78 bits per heavy atom. The zero-order valence-electron chi connectivity index (χ0n) is 12.1. The summed E-state index contributed by atoms with van der Waals surface area (Å²) in [7, 11) is 0. The minimum absolute atomic E-state index is 0.884. The molecule has 1 aliphatic heterocycles. The fraction of sp³-hybridized carbons (Fsp3) is 0.438. The van der Waals surface area contributed by atoms with Gasteiger partial charge in [0.15, 0.2) is 0 Å². The monoisotopic (exact) mass is 242 g/mol. The van der Waals surface area contributed by atoms with Crippen LogP contribution in [0.2, 0.25) is 0 Å². The zero-order chi connectivity index (χ0) is 13.4. The molecule has 0 bridgehead atoms. The second-order valence-electron chi connectivity index (χ2n) is 5.12. The summed E-state index contributed by atoms with van der Waals surface area (Å²) in [6.45, 7) is 14.8. The quantitative estimate of drug-likeness (QED) is 0.823.